The maximum absolute atomic E-state index is 13.0. The number of pyridine rings is 1. The molecule has 5 heteroatoms. The highest BCUT2D eigenvalue weighted by Gasteiger charge is 2.32. The molecule has 0 radical (unpaired) electrons. The van der Waals surface area contributed by atoms with Crippen LogP contribution in [0.3, 0.4) is 0 Å². The van der Waals surface area contributed by atoms with Crippen LogP contribution in [0.15, 0.2) is 54.7 Å². The van der Waals surface area contributed by atoms with E-state index in [2.05, 4.69) is 10.3 Å². The fraction of sp³-hybridized carbons (Fsp3) is 0.200. The van der Waals surface area contributed by atoms with Crippen LogP contribution in [0.25, 0.3) is 10.9 Å². The minimum Gasteiger partial charge on any atom is -0.454 e. The van der Waals surface area contributed by atoms with Gasteiger partial charge in [-0.05, 0) is 43.7 Å². The summed E-state index contributed by atoms with van der Waals surface area (Å²) in [7, 11) is 0. The molecule has 1 aliphatic heterocycles. The number of benzene rings is 2. The van der Waals surface area contributed by atoms with Crippen LogP contribution >= 0.6 is 0 Å². The normalized spacial score (nSPS) is 13.0. The molecule has 0 fully saturated rings. The summed E-state index contributed by atoms with van der Waals surface area (Å²) in [4.78, 5) is 17.4. The topological polar surface area (TPSA) is 60.5 Å². The number of hydrogen-bond donors (Lipinski definition) is 1. The van der Waals surface area contributed by atoms with Gasteiger partial charge in [0.25, 0.3) is 0 Å². The molecule has 0 atom stereocenters. The number of aromatic nitrogens is 1. The highest BCUT2D eigenvalue weighted by molar-refractivity contribution is 6.04. The third kappa shape index (κ3) is 2.67. The number of carbonyl (C=O) groups excluding carboxylic acids is 1. The van der Waals surface area contributed by atoms with Gasteiger partial charge in [0.05, 0.1) is 16.6 Å². The minimum absolute atomic E-state index is 0.107. The van der Waals surface area contributed by atoms with Gasteiger partial charge in [-0.1, -0.05) is 24.3 Å². The predicted octanol–water partition coefficient (Wildman–Crippen LogP) is 3.88. The lowest BCUT2D eigenvalue weighted by Crippen LogP contribution is -2.34. The number of nitrogens with one attached hydrogen (secondary N) is 1. The number of rotatable bonds is 3. The van der Waals surface area contributed by atoms with Crippen molar-refractivity contribution in [1.82, 2.24) is 4.98 Å². The molecule has 2 aromatic carbocycles. The first-order valence-corrected chi connectivity index (χ1v) is 8.11. The zero-order chi connectivity index (χ0) is 17.4. The number of amides is 1. The Kier molecular flexibility index (Phi) is 3.57. The van der Waals surface area contributed by atoms with E-state index in [1.54, 1.807) is 6.20 Å². The van der Waals surface area contributed by atoms with E-state index in [0.29, 0.717) is 17.2 Å². The van der Waals surface area contributed by atoms with Gasteiger partial charge in [0.1, 0.15) is 0 Å². The Hall–Kier alpha value is -3.08. The molecule has 0 unspecified atom stereocenters. The predicted molar refractivity (Wildman–Crippen MR) is 96.0 cm³/mol. The molecular formula is C20H18N2O3. The molecule has 126 valence electrons. The highest BCUT2D eigenvalue weighted by Crippen LogP contribution is 2.37. The summed E-state index contributed by atoms with van der Waals surface area (Å²) in [6.45, 7) is 3.99. The van der Waals surface area contributed by atoms with Crippen LogP contribution in [0.4, 0.5) is 5.69 Å². The Labute approximate surface area is 145 Å². The van der Waals surface area contributed by atoms with Crippen molar-refractivity contribution < 1.29 is 14.3 Å². The Morgan fingerprint density at radius 3 is 2.76 bits per heavy atom. The van der Waals surface area contributed by atoms with E-state index in [4.69, 9.17) is 9.47 Å². The maximum Gasteiger partial charge on any atom is 0.234 e. The Morgan fingerprint density at radius 1 is 1.08 bits per heavy atom. The van der Waals surface area contributed by atoms with Crippen molar-refractivity contribution in [2.24, 2.45) is 0 Å². The first-order chi connectivity index (χ1) is 12.1. The summed E-state index contributed by atoms with van der Waals surface area (Å²) in [6, 6.07) is 15.2. The van der Waals surface area contributed by atoms with Crippen LogP contribution in [0.5, 0.6) is 11.5 Å². The van der Waals surface area contributed by atoms with Gasteiger partial charge >= 0.3 is 0 Å². The van der Waals surface area contributed by atoms with Crippen LogP contribution in [-0.4, -0.2) is 17.7 Å². The van der Waals surface area contributed by atoms with Gasteiger partial charge in [0.2, 0.25) is 12.7 Å². The number of ether oxygens (including phenoxy) is 2. The second-order valence-corrected chi connectivity index (χ2v) is 6.53. The molecule has 0 saturated carbocycles. The maximum atomic E-state index is 13.0. The molecule has 1 N–H and O–H groups in total. The van der Waals surface area contributed by atoms with Crippen LogP contribution < -0.4 is 14.8 Å². The molecule has 0 aliphatic carbocycles. The van der Waals surface area contributed by atoms with E-state index in [1.165, 1.54) is 0 Å². The fourth-order valence-electron chi connectivity index (χ4n) is 2.90. The van der Waals surface area contributed by atoms with Crippen molar-refractivity contribution in [2.75, 3.05) is 12.1 Å². The smallest absolute Gasteiger partial charge is 0.234 e. The molecule has 1 aromatic heterocycles. The Bertz CT molecular complexity index is 961. The number of hydrogen-bond acceptors (Lipinski definition) is 4. The summed E-state index contributed by atoms with van der Waals surface area (Å²) in [5.74, 6) is 1.27. The van der Waals surface area contributed by atoms with E-state index in [1.807, 2.05) is 62.4 Å². The van der Waals surface area contributed by atoms with Crippen LogP contribution in [-0.2, 0) is 10.2 Å². The first-order valence-electron chi connectivity index (χ1n) is 8.11. The van der Waals surface area contributed by atoms with Gasteiger partial charge in [0, 0.05) is 11.6 Å². The summed E-state index contributed by atoms with van der Waals surface area (Å²) in [5.41, 5.74) is 1.61. The van der Waals surface area contributed by atoms with Crippen LogP contribution in [0.2, 0.25) is 0 Å². The van der Waals surface area contributed by atoms with E-state index >= 15 is 0 Å². The number of fused-ring (bicyclic) bond motifs is 2. The number of nitrogens with zero attached hydrogens (tertiary/aromatic N) is 1. The van der Waals surface area contributed by atoms with Gasteiger partial charge in [0.15, 0.2) is 11.5 Å². The molecule has 1 amide bonds. The average molecular weight is 334 g/mol. The molecule has 5 nitrogen and oxygen atoms in total. The molecule has 4 rings (SSSR count). The fourth-order valence-corrected chi connectivity index (χ4v) is 2.90. The standard InChI is InChI=1S/C20H18N2O3/c1-20(2,14-8-9-16-17(11-14)25-12-24-16)19(23)22-15-7-3-5-13-6-4-10-21-18(13)15/h3-11H,12H2,1-2H3,(H,22,23). The largest absolute Gasteiger partial charge is 0.454 e. The minimum atomic E-state index is -0.738. The summed E-state index contributed by atoms with van der Waals surface area (Å²) in [6.07, 6.45) is 1.72. The lowest BCUT2D eigenvalue weighted by molar-refractivity contribution is -0.120. The van der Waals surface area contributed by atoms with Gasteiger partial charge in [-0.2, -0.15) is 0 Å². The SMILES string of the molecule is CC(C)(C(=O)Nc1cccc2cccnc12)c1ccc2c(c1)OCO2. The second-order valence-electron chi connectivity index (χ2n) is 6.53. The lowest BCUT2D eigenvalue weighted by Gasteiger charge is -2.24. The third-order valence-corrected chi connectivity index (χ3v) is 4.54. The molecule has 2 heterocycles. The van der Waals surface area contributed by atoms with Crippen molar-refractivity contribution in [2.45, 2.75) is 19.3 Å². The van der Waals surface area contributed by atoms with Crippen molar-refractivity contribution in [3.05, 3.63) is 60.3 Å². The number of anilines is 1. The molecule has 1 aliphatic rings. The molecule has 3 aromatic rings. The summed E-state index contributed by atoms with van der Waals surface area (Å²) < 4.78 is 10.8. The van der Waals surface area contributed by atoms with Crippen molar-refractivity contribution in [3.8, 4) is 11.5 Å². The summed E-state index contributed by atoms with van der Waals surface area (Å²) in [5, 5.41) is 4.01. The van der Waals surface area contributed by atoms with Crippen LogP contribution in [0.1, 0.15) is 19.4 Å². The van der Waals surface area contributed by atoms with Crippen molar-refractivity contribution in [3.63, 3.8) is 0 Å². The lowest BCUT2D eigenvalue weighted by atomic mass is 9.83. The van der Waals surface area contributed by atoms with Gasteiger partial charge in [-0.25, -0.2) is 0 Å². The van der Waals surface area contributed by atoms with E-state index in [-0.39, 0.29) is 12.7 Å². The second kappa shape index (κ2) is 5.77. The molecular weight excluding hydrogens is 316 g/mol. The van der Waals surface area contributed by atoms with E-state index < -0.39 is 5.41 Å². The first kappa shape index (κ1) is 15.4. The Balaban J connectivity index is 1.65. The van der Waals surface area contributed by atoms with Crippen molar-refractivity contribution in [1.29, 1.82) is 0 Å². The van der Waals surface area contributed by atoms with Crippen molar-refractivity contribution >= 4 is 22.5 Å². The quantitative estimate of drug-likeness (QED) is 0.789. The van der Waals surface area contributed by atoms with Gasteiger partial charge in [-0.15, -0.1) is 0 Å². The monoisotopic (exact) mass is 334 g/mol. The zero-order valence-corrected chi connectivity index (χ0v) is 14.1. The molecule has 0 bridgehead atoms. The average Bonchev–Trinajstić information content (AvgIpc) is 3.09. The van der Waals surface area contributed by atoms with Gasteiger partial charge < -0.3 is 14.8 Å². The van der Waals surface area contributed by atoms with Crippen LogP contribution in [0, 0.1) is 0 Å². The highest BCUT2D eigenvalue weighted by atomic mass is 16.7. The zero-order valence-electron chi connectivity index (χ0n) is 14.1. The molecule has 0 saturated heterocycles. The van der Waals surface area contributed by atoms with E-state index in [0.717, 1.165) is 16.5 Å². The summed E-state index contributed by atoms with van der Waals surface area (Å²) >= 11 is 0. The van der Waals surface area contributed by atoms with Gasteiger partial charge in [-0.3, -0.25) is 9.78 Å². The Morgan fingerprint density at radius 2 is 1.88 bits per heavy atom. The molecule has 0 spiro atoms. The number of carbonyl (C=O) groups is 1. The molecule has 25 heavy (non-hydrogen) atoms. The van der Waals surface area contributed by atoms with E-state index in [9.17, 15) is 4.79 Å². The third-order valence-electron chi connectivity index (χ3n) is 4.54. The number of para-hydroxylation sites is 1.